The van der Waals surface area contributed by atoms with Crippen LogP contribution >= 0.6 is 0 Å². The smallest absolute Gasteiger partial charge is 0.323 e. The van der Waals surface area contributed by atoms with Gasteiger partial charge in [-0.1, -0.05) is 13.0 Å². The molecule has 0 fully saturated rings. The van der Waals surface area contributed by atoms with Gasteiger partial charge in [0.15, 0.2) is 0 Å². The molecule has 4 nitrogen and oxygen atoms in total. The van der Waals surface area contributed by atoms with Gasteiger partial charge < -0.3 is 10.1 Å². The number of nitrogens with one attached hydrogen (secondary N) is 1. The fourth-order valence-electron chi connectivity index (χ4n) is 1.14. The van der Waals surface area contributed by atoms with Crippen molar-refractivity contribution in [1.82, 2.24) is 5.32 Å². The minimum Gasteiger partial charge on any atom is -0.465 e. The molecule has 15 heavy (non-hydrogen) atoms. The highest BCUT2D eigenvalue weighted by atomic mass is 16.5. The summed E-state index contributed by atoms with van der Waals surface area (Å²) < 4.78 is 4.88. The minimum absolute atomic E-state index is 0.0374. The zero-order valence-corrected chi connectivity index (χ0v) is 9.58. The Morgan fingerprint density at radius 3 is 2.53 bits per heavy atom. The molecule has 0 saturated heterocycles. The van der Waals surface area contributed by atoms with Gasteiger partial charge in [0.2, 0.25) is 0 Å². The number of rotatable bonds is 7. The molecule has 0 bridgehead atoms. The number of hydrogen-bond acceptors (Lipinski definition) is 4. The van der Waals surface area contributed by atoms with Gasteiger partial charge in [-0.3, -0.25) is 9.59 Å². The van der Waals surface area contributed by atoms with Crippen LogP contribution in [0.3, 0.4) is 0 Å². The minimum atomic E-state index is -0.583. The summed E-state index contributed by atoms with van der Waals surface area (Å²) in [6.45, 7) is 9.24. The van der Waals surface area contributed by atoms with Crippen molar-refractivity contribution in [2.75, 3.05) is 13.2 Å². The zero-order valence-electron chi connectivity index (χ0n) is 9.58. The van der Waals surface area contributed by atoms with Crippen LogP contribution in [0, 0.1) is 5.92 Å². The highest BCUT2D eigenvalue weighted by Gasteiger charge is 2.28. The Kier molecular flexibility index (Phi) is 6.62. The molecule has 2 unspecified atom stereocenters. The Morgan fingerprint density at radius 1 is 1.53 bits per heavy atom. The zero-order chi connectivity index (χ0) is 11.8. The van der Waals surface area contributed by atoms with Gasteiger partial charge in [0.1, 0.15) is 11.8 Å². The fourth-order valence-corrected chi connectivity index (χ4v) is 1.14. The first kappa shape index (κ1) is 13.8. The number of carbonyl (C=O) groups excluding carboxylic acids is 2. The normalized spacial score (nSPS) is 14.1. The van der Waals surface area contributed by atoms with E-state index in [1.165, 1.54) is 6.92 Å². The van der Waals surface area contributed by atoms with Crippen molar-refractivity contribution < 1.29 is 14.3 Å². The quantitative estimate of drug-likeness (QED) is 0.504. The van der Waals surface area contributed by atoms with E-state index in [-0.39, 0.29) is 17.7 Å². The van der Waals surface area contributed by atoms with Crippen LogP contribution in [0.25, 0.3) is 0 Å². The van der Waals surface area contributed by atoms with Crippen molar-refractivity contribution in [3.63, 3.8) is 0 Å². The maximum Gasteiger partial charge on any atom is 0.323 e. The molecule has 0 heterocycles. The maximum absolute atomic E-state index is 11.5. The molecule has 0 saturated carbocycles. The number of ether oxygens (including phenoxy) is 1. The molecule has 0 aromatic heterocycles. The van der Waals surface area contributed by atoms with Crippen LogP contribution < -0.4 is 5.32 Å². The predicted octanol–water partition coefficient (Wildman–Crippen LogP) is 0.919. The van der Waals surface area contributed by atoms with Crippen molar-refractivity contribution in [2.45, 2.75) is 26.8 Å². The highest BCUT2D eigenvalue weighted by molar-refractivity contribution is 5.87. The van der Waals surface area contributed by atoms with E-state index in [0.717, 1.165) is 0 Å². The van der Waals surface area contributed by atoms with Gasteiger partial charge in [0.25, 0.3) is 0 Å². The van der Waals surface area contributed by atoms with Crippen LogP contribution in [0.2, 0.25) is 0 Å². The van der Waals surface area contributed by atoms with E-state index in [1.54, 1.807) is 19.9 Å². The second-order valence-electron chi connectivity index (χ2n) is 3.33. The Labute approximate surface area is 90.7 Å². The molecule has 0 radical (unpaired) electrons. The summed E-state index contributed by atoms with van der Waals surface area (Å²) in [5.41, 5.74) is 0. The molecular weight excluding hydrogens is 194 g/mol. The first-order chi connectivity index (χ1) is 7.04. The average molecular weight is 213 g/mol. The molecule has 0 aromatic carbocycles. The van der Waals surface area contributed by atoms with Gasteiger partial charge in [0, 0.05) is 12.5 Å². The van der Waals surface area contributed by atoms with Crippen molar-refractivity contribution in [2.24, 2.45) is 5.92 Å². The lowest BCUT2D eigenvalue weighted by molar-refractivity contribution is -0.148. The Balaban J connectivity index is 4.48. The second-order valence-corrected chi connectivity index (χ2v) is 3.33. The summed E-state index contributed by atoms with van der Waals surface area (Å²) in [4.78, 5) is 22.7. The van der Waals surface area contributed by atoms with E-state index in [1.807, 2.05) is 0 Å². The van der Waals surface area contributed by atoms with Crippen molar-refractivity contribution in [1.29, 1.82) is 0 Å². The number of Topliss-reactive ketones (excluding diaryl/α,β-unsaturated/α-hetero) is 1. The molecule has 0 amide bonds. The van der Waals surface area contributed by atoms with Crippen LogP contribution in [0.5, 0.6) is 0 Å². The summed E-state index contributed by atoms with van der Waals surface area (Å²) in [7, 11) is 0. The third kappa shape index (κ3) is 4.74. The van der Waals surface area contributed by atoms with E-state index in [0.29, 0.717) is 13.2 Å². The van der Waals surface area contributed by atoms with Crippen LogP contribution in [0.15, 0.2) is 12.7 Å². The SMILES string of the molecule is C=CCNC(C(=O)OCC)C(C)C(C)=O. The monoisotopic (exact) mass is 213 g/mol. The maximum atomic E-state index is 11.5. The average Bonchev–Trinajstić information content (AvgIpc) is 2.18. The van der Waals surface area contributed by atoms with E-state index >= 15 is 0 Å². The largest absolute Gasteiger partial charge is 0.465 e. The summed E-state index contributed by atoms with van der Waals surface area (Å²) in [5.74, 6) is -0.810. The van der Waals surface area contributed by atoms with E-state index in [9.17, 15) is 9.59 Å². The summed E-state index contributed by atoms with van der Waals surface area (Å²) in [6, 6.07) is -0.583. The summed E-state index contributed by atoms with van der Waals surface area (Å²) >= 11 is 0. The fraction of sp³-hybridized carbons (Fsp3) is 0.636. The van der Waals surface area contributed by atoms with Gasteiger partial charge in [-0.2, -0.15) is 0 Å². The topological polar surface area (TPSA) is 55.4 Å². The van der Waals surface area contributed by atoms with Crippen molar-refractivity contribution in [3.8, 4) is 0 Å². The van der Waals surface area contributed by atoms with Crippen LogP contribution in [0.1, 0.15) is 20.8 Å². The molecule has 86 valence electrons. The van der Waals surface area contributed by atoms with Crippen LogP contribution in [-0.2, 0) is 14.3 Å². The van der Waals surface area contributed by atoms with Gasteiger partial charge in [-0.15, -0.1) is 6.58 Å². The lowest BCUT2D eigenvalue weighted by Crippen LogP contribution is -2.45. The number of ketones is 1. The molecule has 1 N–H and O–H groups in total. The molecule has 0 rings (SSSR count). The van der Waals surface area contributed by atoms with Gasteiger partial charge in [-0.25, -0.2) is 0 Å². The van der Waals surface area contributed by atoms with Gasteiger partial charge in [-0.05, 0) is 13.8 Å². The number of esters is 1. The molecule has 4 heteroatoms. The molecule has 0 aliphatic rings. The number of carbonyl (C=O) groups is 2. The Bertz CT molecular complexity index is 238. The summed E-state index contributed by atoms with van der Waals surface area (Å²) in [6.07, 6.45) is 1.64. The van der Waals surface area contributed by atoms with E-state index in [2.05, 4.69) is 11.9 Å². The molecular formula is C11H19NO3. The Hall–Kier alpha value is -1.16. The van der Waals surface area contributed by atoms with Crippen molar-refractivity contribution in [3.05, 3.63) is 12.7 Å². The van der Waals surface area contributed by atoms with E-state index in [4.69, 9.17) is 4.74 Å². The highest BCUT2D eigenvalue weighted by Crippen LogP contribution is 2.06. The first-order valence-electron chi connectivity index (χ1n) is 5.05. The number of hydrogen-bond donors (Lipinski definition) is 1. The molecule has 0 aromatic rings. The molecule has 0 aliphatic heterocycles. The predicted molar refractivity (Wildman–Crippen MR) is 58.5 cm³/mol. The van der Waals surface area contributed by atoms with Gasteiger partial charge in [0.05, 0.1) is 6.61 Å². The Morgan fingerprint density at radius 2 is 2.13 bits per heavy atom. The molecule has 0 spiro atoms. The standard InChI is InChI=1S/C11H19NO3/c1-5-7-12-10(8(3)9(4)13)11(14)15-6-2/h5,8,10,12H,1,6-7H2,2-4H3. The van der Waals surface area contributed by atoms with Crippen LogP contribution in [0.4, 0.5) is 0 Å². The van der Waals surface area contributed by atoms with Gasteiger partial charge >= 0.3 is 5.97 Å². The lowest BCUT2D eigenvalue weighted by atomic mass is 9.98. The molecule has 0 aliphatic carbocycles. The second kappa shape index (κ2) is 7.17. The lowest BCUT2D eigenvalue weighted by Gasteiger charge is -2.20. The molecule has 2 atom stereocenters. The third-order valence-corrected chi connectivity index (χ3v) is 2.16. The van der Waals surface area contributed by atoms with E-state index < -0.39 is 6.04 Å². The summed E-state index contributed by atoms with van der Waals surface area (Å²) in [5, 5.41) is 2.92. The third-order valence-electron chi connectivity index (χ3n) is 2.16. The van der Waals surface area contributed by atoms with Crippen LogP contribution in [-0.4, -0.2) is 30.9 Å². The first-order valence-corrected chi connectivity index (χ1v) is 5.05. The van der Waals surface area contributed by atoms with Crippen molar-refractivity contribution >= 4 is 11.8 Å².